The first-order valence-corrected chi connectivity index (χ1v) is 8.99. The van der Waals surface area contributed by atoms with Crippen LogP contribution in [-0.4, -0.2) is 34.2 Å². The lowest BCUT2D eigenvalue weighted by atomic mass is 10.1. The van der Waals surface area contributed by atoms with Crippen molar-refractivity contribution in [3.05, 3.63) is 28.4 Å². The van der Waals surface area contributed by atoms with Crippen molar-refractivity contribution in [1.29, 1.82) is 0 Å². The molecule has 1 heterocycles. The summed E-state index contributed by atoms with van der Waals surface area (Å²) in [5.74, 6) is 0. The Morgan fingerprint density at radius 1 is 1.44 bits per heavy atom. The van der Waals surface area contributed by atoms with Crippen LogP contribution in [0.2, 0.25) is 0 Å². The first-order chi connectivity index (χ1) is 11.7. The summed E-state index contributed by atoms with van der Waals surface area (Å²) in [4.78, 5) is 26.1. The standard InChI is InChI=1S/C16H26N4O4S/c1-12(19-15(21)24-16(2,3)4)8-5-6-11-18-25-14-13(20(22)23)9-7-10-17-14/h7,9-10,12,18H,5-6,8,11H2,1-4H3,(H,19,21). The molecule has 0 aliphatic heterocycles. The second kappa shape index (κ2) is 10.2. The molecular formula is C16H26N4O4S. The van der Waals surface area contributed by atoms with Gasteiger partial charge >= 0.3 is 11.8 Å². The molecule has 0 saturated heterocycles. The van der Waals surface area contributed by atoms with Gasteiger partial charge in [0.05, 0.1) is 4.92 Å². The molecule has 2 N–H and O–H groups in total. The Balaban J connectivity index is 2.18. The largest absolute Gasteiger partial charge is 0.444 e. The van der Waals surface area contributed by atoms with Gasteiger partial charge in [-0.3, -0.25) is 14.8 Å². The summed E-state index contributed by atoms with van der Waals surface area (Å²) in [7, 11) is 0. The predicted molar refractivity (Wildman–Crippen MR) is 97.4 cm³/mol. The van der Waals surface area contributed by atoms with Gasteiger partial charge in [-0.1, -0.05) is 6.42 Å². The first-order valence-electron chi connectivity index (χ1n) is 8.17. The highest BCUT2D eigenvalue weighted by Crippen LogP contribution is 2.23. The van der Waals surface area contributed by atoms with Crippen LogP contribution in [-0.2, 0) is 4.74 Å². The van der Waals surface area contributed by atoms with E-state index in [2.05, 4.69) is 15.0 Å². The average Bonchev–Trinajstić information content (AvgIpc) is 2.48. The van der Waals surface area contributed by atoms with Crippen LogP contribution in [0.5, 0.6) is 0 Å². The van der Waals surface area contributed by atoms with Crippen LogP contribution in [0.4, 0.5) is 10.5 Å². The maximum absolute atomic E-state index is 11.6. The molecule has 0 bridgehead atoms. The monoisotopic (exact) mass is 370 g/mol. The highest BCUT2D eigenvalue weighted by molar-refractivity contribution is 7.97. The molecule has 0 spiro atoms. The first kappa shape index (κ1) is 21.2. The van der Waals surface area contributed by atoms with Crippen molar-refractivity contribution < 1.29 is 14.5 Å². The summed E-state index contributed by atoms with van der Waals surface area (Å²) in [5, 5.41) is 14.0. The Labute approximate surface area is 152 Å². The van der Waals surface area contributed by atoms with E-state index in [1.807, 2.05) is 27.7 Å². The number of aromatic nitrogens is 1. The van der Waals surface area contributed by atoms with Gasteiger partial charge in [0.2, 0.25) is 0 Å². The molecule has 1 atom stereocenters. The number of hydrogen-bond donors (Lipinski definition) is 2. The molecule has 140 valence electrons. The van der Waals surface area contributed by atoms with Gasteiger partial charge in [0, 0.05) is 24.8 Å². The molecule has 1 aromatic rings. The van der Waals surface area contributed by atoms with Crippen molar-refractivity contribution in [3.8, 4) is 0 Å². The van der Waals surface area contributed by atoms with Crippen LogP contribution in [0.25, 0.3) is 0 Å². The number of nitrogens with zero attached hydrogens (tertiary/aromatic N) is 2. The number of rotatable bonds is 9. The van der Waals surface area contributed by atoms with E-state index in [-0.39, 0.29) is 11.7 Å². The molecule has 0 fully saturated rings. The van der Waals surface area contributed by atoms with Crippen molar-refractivity contribution in [2.45, 2.75) is 63.6 Å². The highest BCUT2D eigenvalue weighted by atomic mass is 32.2. The summed E-state index contributed by atoms with van der Waals surface area (Å²) >= 11 is 1.16. The van der Waals surface area contributed by atoms with Gasteiger partial charge in [-0.05, 0) is 58.6 Å². The van der Waals surface area contributed by atoms with Crippen molar-refractivity contribution in [1.82, 2.24) is 15.0 Å². The fourth-order valence-electron chi connectivity index (χ4n) is 1.95. The van der Waals surface area contributed by atoms with Gasteiger partial charge in [-0.25, -0.2) is 9.78 Å². The molecule has 0 saturated carbocycles. The fraction of sp³-hybridized carbons (Fsp3) is 0.625. The normalized spacial score (nSPS) is 12.5. The zero-order valence-electron chi connectivity index (χ0n) is 15.1. The smallest absolute Gasteiger partial charge is 0.407 e. The summed E-state index contributed by atoms with van der Waals surface area (Å²) in [6.07, 6.45) is 3.75. The van der Waals surface area contributed by atoms with E-state index in [0.29, 0.717) is 11.6 Å². The molecule has 1 rings (SSSR count). The maximum Gasteiger partial charge on any atom is 0.407 e. The lowest BCUT2D eigenvalue weighted by Crippen LogP contribution is -2.37. The van der Waals surface area contributed by atoms with E-state index in [4.69, 9.17) is 4.74 Å². The molecular weight excluding hydrogens is 344 g/mol. The van der Waals surface area contributed by atoms with Crippen molar-refractivity contribution in [2.75, 3.05) is 6.54 Å². The molecule has 0 aliphatic rings. The maximum atomic E-state index is 11.6. The predicted octanol–water partition coefficient (Wildman–Crippen LogP) is 3.67. The minimum atomic E-state index is -0.501. The number of nitro groups is 1. The topological polar surface area (TPSA) is 106 Å². The van der Waals surface area contributed by atoms with Gasteiger partial charge < -0.3 is 10.1 Å². The summed E-state index contributed by atoms with van der Waals surface area (Å²) < 4.78 is 8.29. The summed E-state index contributed by atoms with van der Waals surface area (Å²) in [5.41, 5.74) is -0.505. The van der Waals surface area contributed by atoms with E-state index in [0.717, 1.165) is 31.2 Å². The van der Waals surface area contributed by atoms with Gasteiger partial charge in [0.25, 0.3) is 0 Å². The average molecular weight is 370 g/mol. The van der Waals surface area contributed by atoms with E-state index in [1.54, 1.807) is 6.07 Å². The third-order valence-corrected chi connectivity index (χ3v) is 3.90. The number of hydrogen-bond acceptors (Lipinski definition) is 7. The third kappa shape index (κ3) is 9.25. The molecule has 8 nitrogen and oxygen atoms in total. The second-order valence-corrected chi connectivity index (χ2v) is 7.50. The quantitative estimate of drug-likeness (QED) is 0.295. The van der Waals surface area contributed by atoms with Crippen LogP contribution in [0, 0.1) is 10.1 Å². The zero-order valence-corrected chi connectivity index (χ0v) is 15.9. The Hall–Kier alpha value is -1.87. The van der Waals surface area contributed by atoms with Gasteiger partial charge in [0.1, 0.15) is 5.60 Å². The second-order valence-electron chi connectivity index (χ2n) is 6.62. The molecule has 1 unspecified atom stereocenters. The number of ether oxygens (including phenoxy) is 1. The lowest BCUT2D eigenvalue weighted by molar-refractivity contribution is -0.388. The van der Waals surface area contributed by atoms with Crippen molar-refractivity contribution in [2.24, 2.45) is 0 Å². The van der Waals surface area contributed by atoms with Crippen LogP contribution >= 0.6 is 11.9 Å². The van der Waals surface area contributed by atoms with E-state index < -0.39 is 16.6 Å². The number of nitrogens with one attached hydrogen (secondary N) is 2. The SMILES string of the molecule is CC(CCCCNSc1ncccc1[N+](=O)[O-])NC(=O)OC(C)(C)C. The Kier molecular flexibility index (Phi) is 8.64. The van der Waals surface area contributed by atoms with E-state index in [9.17, 15) is 14.9 Å². The van der Waals surface area contributed by atoms with Gasteiger partial charge in [0.15, 0.2) is 5.03 Å². The Morgan fingerprint density at radius 2 is 2.16 bits per heavy atom. The van der Waals surface area contributed by atoms with Crippen LogP contribution in [0.15, 0.2) is 23.4 Å². The molecule has 0 radical (unpaired) electrons. The summed E-state index contributed by atoms with van der Waals surface area (Å²) in [6.45, 7) is 8.10. The number of amides is 1. The number of carbonyl (C=O) groups is 1. The van der Waals surface area contributed by atoms with Crippen LogP contribution in [0.1, 0.15) is 47.0 Å². The van der Waals surface area contributed by atoms with Crippen LogP contribution in [0.3, 0.4) is 0 Å². The molecule has 0 aliphatic carbocycles. The fourth-order valence-corrected chi connectivity index (χ4v) is 2.69. The number of carbonyl (C=O) groups excluding carboxylic acids is 1. The molecule has 25 heavy (non-hydrogen) atoms. The van der Waals surface area contributed by atoms with Crippen molar-refractivity contribution in [3.63, 3.8) is 0 Å². The zero-order chi connectivity index (χ0) is 18.9. The van der Waals surface area contributed by atoms with E-state index in [1.165, 1.54) is 12.3 Å². The van der Waals surface area contributed by atoms with Gasteiger partial charge in [-0.15, -0.1) is 0 Å². The Bertz CT molecular complexity index is 577. The molecule has 0 aromatic carbocycles. The van der Waals surface area contributed by atoms with Gasteiger partial charge in [-0.2, -0.15) is 0 Å². The summed E-state index contributed by atoms with van der Waals surface area (Å²) in [6, 6.07) is 3.00. The van der Waals surface area contributed by atoms with E-state index >= 15 is 0 Å². The van der Waals surface area contributed by atoms with Crippen LogP contribution < -0.4 is 10.0 Å². The minimum Gasteiger partial charge on any atom is -0.444 e. The Morgan fingerprint density at radius 3 is 2.80 bits per heavy atom. The molecule has 9 heteroatoms. The molecule has 1 amide bonds. The third-order valence-electron chi connectivity index (χ3n) is 3.05. The lowest BCUT2D eigenvalue weighted by Gasteiger charge is -2.21. The minimum absolute atomic E-state index is 0.00446. The number of alkyl carbamates (subject to hydrolysis) is 1. The highest BCUT2D eigenvalue weighted by Gasteiger charge is 2.17. The number of unbranched alkanes of at least 4 members (excludes halogenated alkanes) is 1. The number of pyridine rings is 1. The molecule has 1 aromatic heterocycles. The van der Waals surface area contributed by atoms with Crippen molar-refractivity contribution >= 4 is 23.7 Å².